The Bertz CT molecular complexity index is 1410. The normalized spacial score (nSPS) is 14.9. The van der Waals surface area contributed by atoms with E-state index in [0.717, 1.165) is 18.4 Å². The molecule has 4 aromatic rings. The van der Waals surface area contributed by atoms with Gasteiger partial charge in [0.05, 0.1) is 22.1 Å². The first-order valence-corrected chi connectivity index (χ1v) is 11.9. The van der Waals surface area contributed by atoms with Crippen molar-refractivity contribution in [2.75, 3.05) is 32.2 Å². The number of hydrogen-bond acceptors (Lipinski definition) is 7. The van der Waals surface area contributed by atoms with Gasteiger partial charge in [-0.15, -0.1) is 13.2 Å². The number of rotatable bonds is 9. The minimum absolute atomic E-state index is 0.0169. The van der Waals surface area contributed by atoms with Crippen LogP contribution >= 0.6 is 0 Å². The smallest absolute Gasteiger partial charge is 0.406 e. The summed E-state index contributed by atoms with van der Waals surface area (Å²) in [6.07, 6.45) is -2.19. The van der Waals surface area contributed by atoms with E-state index in [-0.39, 0.29) is 17.6 Å². The number of H-pyrrole nitrogens is 1. The fourth-order valence-corrected chi connectivity index (χ4v) is 4.55. The van der Waals surface area contributed by atoms with Crippen molar-refractivity contribution >= 4 is 39.7 Å². The molecule has 3 heterocycles. The molecule has 2 aromatic carbocycles. The summed E-state index contributed by atoms with van der Waals surface area (Å²) < 4.78 is 54.5. The average Bonchev–Trinajstić information content (AvgIpc) is 3.43. The number of methoxy groups -OCH3 is 1. The lowest BCUT2D eigenvalue weighted by Crippen LogP contribution is -2.20. The molecule has 1 aliphatic rings. The van der Waals surface area contributed by atoms with Crippen molar-refractivity contribution in [2.45, 2.75) is 38.1 Å². The molecule has 0 radical (unpaired) electrons. The quantitative estimate of drug-likeness (QED) is 0.223. The van der Waals surface area contributed by atoms with Crippen molar-refractivity contribution in [1.82, 2.24) is 19.5 Å². The third kappa shape index (κ3) is 5.70. The van der Waals surface area contributed by atoms with Gasteiger partial charge >= 0.3 is 6.36 Å². The number of imidazole rings is 2. The highest BCUT2D eigenvalue weighted by atomic mass is 19.4. The molecule has 2 aromatic heterocycles. The molecule has 37 heavy (non-hydrogen) atoms. The van der Waals surface area contributed by atoms with Gasteiger partial charge in [0.1, 0.15) is 5.75 Å². The third-order valence-corrected chi connectivity index (χ3v) is 6.24. The lowest BCUT2D eigenvalue weighted by molar-refractivity contribution is -0.274. The number of carbonyl (C=O) groups excluding carboxylic acids is 1. The summed E-state index contributed by atoms with van der Waals surface area (Å²) in [7, 11) is 1.60. The maximum atomic E-state index is 12.6. The van der Waals surface area contributed by atoms with E-state index in [0.29, 0.717) is 66.7 Å². The molecule has 12 heteroatoms. The van der Waals surface area contributed by atoms with E-state index in [9.17, 15) is 18.0 Å². The minimum Gasteiger partial charge on any atom is -0.406 e. The standard InChI is InChI=1S/C25H26F3N5O4/c1-35-10-2-3-22(34)15-4-7-21-20(13-15)31-24(33(21)16-8-11-36-12-9-16)32-23-29-18-6-5-17(14-19(18)30-23)37-25(26,27)28/h4-7,13-14,16H,2-3,8-12H2,1H3,(H2,29,30,31,32). The van der Waals surface area contributed by atoms with Gasteiger partial charge in [-0.1, -0.05) is 0 Å². The van der Waals surface area contributed by atoms with E-state index in [1.54, 1.807) is 13.2 Å². The van der Waals surface area contributed by atoms with Gasteiger partial charge in [0, 0.05) is 51.0 Å². The van der Waals surface area contributed by atoms with Gasteiger partial charge in [0.2, 0.25) is 11.9 Å². The Morgan fingerprint density at radius 2 is 1.97 bits per heavy atom. The molecular weight excluding hydrogens is 491 g/mol. The van der Waals surface area contributed by atoms with Crippen molar-refractivity contribution in [1.29, 1.82) is 0 Å². The number of nitrogens with zero attached hydrogens (tertiary/aromatic N) is 3. The first kappa shape index (κ1) is 25.0. The Balaban J connectivity index is 1.47. The molecule has 0 spiro atoms. The van der Waals surface area contributed by atoms with Crippen LogP contribution in [0.4, 0.5) is 25.1 Å². The topological polar surface area (TPSA) is 103 Å². The summed E-state index contributed by atoms with van der Waals surface area (Å²) in [5, 5.41) is 3.19. The van der Waals surface area contributed by atoms with Crippen LogP contribution in [0.1, 0.15) is 42.1 Å². The number of hydrogen-bond donors (Lipinski definition) is 2. The van der Waals surface area contributed by atoms with E-state index in [2.05, 4.69) is 24.6 Å². The second kappa shape index (κ2) is 10.4. The number of ketones is 1. The van der Waals surface area contributed by atoms with Gasteiger partial charge in [-0.3, -0.25) is 10.1 Å². The van der Waals surface area contributed by atoms with E-state index >= 15 is 0 Å². The minimum atomic E-state index is -4.78. The number of Topliss-reactive ketones (excluding diaryl/α,β-unsaturated/α-hetero) is 1. The largest absolute Gasteiger partial charge is 0.573 e. The van der Waals surface area contributed by atoms with E-state index in [1.165, 1.54) is 18.2 Å². The number of aromatic nitrogens is 4. The number of halogens is 3. The SMILES string of the molecule is COCCCC(=O)c1ccc2c(c1)nc(Nc1nc3ccc(OC(F)(F)F)cc3[nH]1)n2C1CCOCC1. The molecule has 1 fully saturated rings. The number of anilines is 2. The van der Waals surface area contributed by atoms with E-state index < -0.39 is 6.36 Å². The molecule has 0 unspecified atom stereocenters. The van der Waals surface area contributed by atoms with Gasteiger partial charge in [-0.2, -0.15) is 0 Å². The fourth-order valence-electron chi connectivity index (χ4n) is 4.55. The molecule has 0 amide bonds. The van der Waals surface area contributed by atoms with Gasteiger partial charge in [0.15, 0.2) is 5.78 Å². The average molecular weight is 518 g/mol. The molecule has 1 saturated heterocycles. The molecule has 2 N–H and O–H groups in total. The predicted octanol–water partition coefficient (Wildman–Crippen LogP) is 5.52. The van der Waals surface area contributed by atoms with Crippen molar-refractivity contribution in [3.63, 3.8) is 0 Å². The molecule has 0 bridgehead atoms. The first-order valence-electron chi connectivity index (χ1n) is 11.9. The van der Waals surface area contributed by atoms with Crippen LogP contribution in [0.2, 0.25) is 0 Å². The van der Waals surface area contributed by atoms with E-state index in [4.69, 9.17) is 14.5 Å². The Morgan fingerprint density at radius 3 is 2.73 bits per heavy atom. The van der Waals surface area contributed by atoms with Crippen LogP contribution in [0.5, 0.6) is 5.75 Å². The Hall–Kier alpha value is -3.64. The molecule has 9 nitrogen and oxygen atoms in total. The molecule has 1 aliphatic heterocycles. The van der Waals surface area contributed by atoms with Crippen molar-refractivity contribution in [2.24, 2.45) is 0 Å². The Morgan fingerprint density at radius 1 is 1.16 bits per heavy atom. The monoisotopic (exact) mass is 517 g/mol. The van der Waals surface area contributed by atoms with Crippen LogP contribution in [-0.2, 0) is 9.47 Å². The highest BCUT2D eigenvalue weighted by Gasteiger charge is 2.31. The van der Waals surface area contributed by atoms with Crippen LogP contribution in [0.25, 0.3) is 22.1 Å². The second-order valence-corrected chi connectivity index (χ2v) is 8.81. The number of carbonyl (C=O) groups is 1. The van der Waals surface area contributed by atoms with Gasteiger partial charge in [-0.05, 0) is 49.6 Å². The summed E-state index contributed by atoms with van der Waals surface area (Å²) in [5.74, 6) is 0.505. The molecule has 196 valence electrons. The third-order valence-electron chi connectivity index (χ3n) is 6.24. The van der Waals surface area contributed by atoms with Crippen molar-refractivity contribution in [3.05, 3.63) is 42.0 Å². The maximum absolute atomic E-state index is 12.6. The number of fused-ring (bicyclic) bond motifs is 2. The van der Waals surface area contributed by atoms with Crippen LogP contribution in [0.15, 0.2) is 36.4 Å². The zero-order valence-electron chi connectivity index (χ0n) is 20.1. The fraction of sp³-hybridized carbons (Fsp3) is 0.400. The molecule has 0 saturated carbocycles. The lowest BCUT2D eigenvalue weighted by Gasteiger charge is -2.25. The molecule has 0 aliphatic carbocycles. The van der Waals surface area contributed by atoms with Gasteiger partial charge in [-0.25, -0.2) is 9.97 Å². The van der Waals surface area contributed by atoms with Crippen LogP contribution in [0.3, 0.4) is 0 Å². The summed E-state index contributed by atoms with van der Waals surface area (Å²) >= 11 is 0. The number of ether oxygens (including phenoxy) is 3. The van der Waals surface area contributed by atoms with Crippen LogP contribution in [0, 0.1) is 0 Å². The lowest BCUT2D eigenvalue weighted by atomic mass is 10.1. The van der Waals surface area contributed by atoms with E-state index in [1.807, 2.05) is 12.1 Å². The summed E-state index contributed by atoms with van der Waals surface area (Å²) in [5.41, 5.74) is 2.94. The maximum Gasteiger partial charge on any atom is 0.573 e. The first-order chi connectivity index (χ1) is 17.8. The Labute approximate surface area is 209 Å². The van der Waals surface area contributed by atoms with Crippen LogP contribution in [-0.4, -0.2) is 58.6 Å². The zero-order valence-corrected chi connectivity index (χ0v) is 20.1. The van der Waals surface area contributed by atoms with Gasteiger partial charge < -0.3 is 23.8 Å². The van der Waals surface area contributed by atoms with Crippen LogP contribution < -0.4 is 10.1 Å². The Kier molecular flexibility index (Phi) is 7.02. The predicted molar refractivity (Wildman–Crippen MR) is 130 cm³/mol. The highest BCUT2D eigenvalue weighted by molar-refractivity contribution is 5.99. The number of alkyl halides is 3. The highest BCUT2D eigenvalue weighted by Crippen LogP contribution is 2.33. The zero-order chi connectivity index (χ0) is 26.0. The van der Waals surface area contributed by atoms with Gasteiger partial charge in [0.25, 0.3) is 0 Å². The summed E-state index contributed by atoms with van der Waals surface area (Å²) in [6.45, 7) is 1.75. The summed E-state index contributed by atoms with van der Waals surface area (Å²) in [6, 6.07) is 9.49. The summed E-state index contributed by atoms with van der Waals surface area (Å²) in [4.78, 5) is 24.8. The molecule has 0 atom stereocenters. The number of nitrogens with one attached hydrogen (secondary N) is 2. The second-order valence-electron chi connectivity index (χ2n) is 8.81. The number of benzene rings is 2. The molecule has 5 rings (SSSR count). The van der Waals surface area contributed by atoms with Crippen molar-refractivity contribution < 1.29 is 32.2 Å². The number of aromatic amines is 1. The molecular formula is C25H26F3N5O4. The van der Waals surface area contributed by atoms with Crippen molar-refractivity contribution in [3.8, 4) is 5.75 Å².